The monoisotopic (exact) mass is 338 g/mol. The Balaban J connectivity index is 1.82. The summed E-state index contributed by atoms with van der Waals surface area (Å²) in [5.41, 5.74) is 8.45. The maximum absolute atomic E-state index is 11.5. The maximum atomic E-state index is 11.5. The third-order valence-corrected chi connectivity index (χ3v) is 3.85. The molecule has 3 rings (SSSR count). The fraction of sp³-hybridized carbons (Fsp3) is 0.0526. The number of alkyl halides is 1. The van der Waals surface area contributed by atoms with Gasteiger partial charge in [0.1, 0.15) is 5.75 Å². The molecule has 0 saturated carbocycles. The second-order valence-corrected chi connectivity index (χ2v) is 5.44. The van der Waals surface area contributed by atoms with Crippen LogP contribution in [-0.4, -0.2) is 10.9 Å². The van der Waals surface area contributed by atoms with E-state index in [9.17, 15) is 4.79 Å². The first-order valence-corrected chi connectivity index (χ1v) is 7.89. The summed E-state index contributed by atoms with van der Waals surface area (Å²) in [6.45, 7) is 0. The van der Waals surface area contributed by atoms with Gasteiger partial charge in [-0.2, -0.15) is 0 Å². The Labute approximate surface area is 144 Å². The van der Waals surface area contributed by atoms with Crippen molar-refractivity contribution in [2.45, 2.75) is 5.88 Å². The molecule has 0 aliphatic heterocycles. The first kappa shape index (κ1) is 16.0. The lowest BCUT2D eigenvalue weighted by Gasteiger charge is -2.08. The number of halogens is 1. The van der Waals surface area contributed by atoms with Crippen LogP contribution < -0.4 is 10.5 Å². The number of nitrogens with zero attached hydrogens (tertiary/aromatic N) is 1. The van der Waals surface area contributed by atoms with E-state index in [0.717, 1.165) is 16.7 Å². The number of benzene rings is 2. The van der Waals surface area contributed by atoms with E-state index in [1.807, 2.05) is 42.5 Å². The Morgan fingerprint density at radius 2 is 1.79 bits per heavy atom. The van der Waals surface area contributed by atoms with E-state index < -0.39 is 5.91 Å². The molecule has 0 radical (unpaired) electrons. The molecule has 0 atom stereocenters. The van der Waals surface area contributed by atoms with Crippen LogP contribution in [0.4, 0.5) is 0 Å². The van der Waals surface area contributed by atoms with Crippen molar-refractivity contribution in [3.8, 4) is 22.8 Å². The molecule has 4 nitrogen and oxygen atoms in total. The number of rotatable bonds is 5. The number of carbonyl (C=O) groups is 1. The quantitative estimate of drug-likeness (QED) is 0.702. The highest BCUT2D eigenvalue weighted by Crippen LogP contribution is 2.26. The van der Waals surface area contributed by atoms with Crippen LogP contribution in [-0.2, 0) is 5.88 Å². The van der Waals surface area contributed by atoms with E-state index in [0.29, 0.717) is 23.1 Å². The van der Waals surface area contributed by atoms with Gasteiger partial charge >= 0.3 is 0 Å². The minimum Gasteiger partial charge on any atom is -0.439 e. The van der Waals surface area contributed by atoms with Crippen molar-refractivity contribution in [1.82, 2.24) is 4.98 Å². The third kappa shape index (κ3) is 3.55. The topological polar surface area (TPSA) is 65.2 Å². The molecule has 1 heterocycles. The number of primary amides is 1. The maximum Gasteiger partial charge on any atom is 0.249 e. The lowest BCUT2D eigenvalue weighted by molar-refractivity contribution is 0.100. The van der Waals surface area contributed by atoms with Gasteiger partial charge in [0.25, 0.3) is 0 Å². The first-order chi connectivity index (χ1) is 11.7. The molecule has 2 N–H and O–H groups in total. The SMILES string of the molecule is NC(=O)c1ccccc1-c1ccc(Oc2ccc(CCl)cc2)nc1. The molecule has 120 valence electrons. The van der Waals surface area contributed by atoms with Crippen LogP contribution in [0.15, 0.2) is 66.9 Å². The summed E-state index contributed by atoms with van der Waals surface area (Å²) in [6, 6.07) is 18.2. The van der Waals surface area contributed by atoms with E-state index in [-0.39, 0.29) is 0 Å². The molecule has 0 fully saturated rings. The highest BCUT2D eigenvalue weighted by atomic mass is 35.5. The molecule has 0 bridgehead atoms. The van der Waals surface area contributed by atoms with Crippen molar-refractivity contribution in [2.75, 3.05) is 0 Å². The average molecular weight is 339 g/mol. The third-order valence-electron chi connectivity index (χ3n) is 3.54. The standard InChI is InChI=1S/C19H15ClN2O2/c20-11-13-5-8-15(9-6-13)24-18-10-7-14(12-22-18)16-3-1-2-4-17(16)19(21)23/h1-10,12H,11H2,(H2,21,23). The molecular weight excluding hydrogens is 324 g/mol. The van der Waals surface area contributed by atoms with Gasteiger partial charge in [0, 0.05) is 29.3 Å². The summed E-state index contributed by atoms with van der Waals surface area (Å²) in [4.78, 5) is 15.8. The molecule has 0 aliphatic rings. The molecule has 2 aromatic carbocycles. The molecule has 0 spiro atoms. The molecule has 24 heavy (non-hydrogen) atoms. The largest absolute Gasteiger partial charge is 0.439 e. The Kier molecular flexibility index (Phi) is 4.77. The first-order valence-electron chi connectivity index (χ1n) is 7.35. The van der Waals surface area contributed by atoms with Crippen LogP contribution in [0.2, 0.25) is 0 Å². The summed E-state index contributed by atoms with van der Waals surface area (Å²) in [6.07, 6.45) is 1.66. The Morgan fingerprint density at radius 3 is 2.42 bits per heavy atom. The zero-order chi connectivity index (χ0) is 16.9. The molecular formula is C19H15ClN2O2. The summed E-state index contributed by atoms with van der Waals surface area (Å²) >= 11 is 5.76. The van der Waals surface area contributed by atoms with Crippen molar-refractivity contribution in [1.29, 1.82) is 0 Å². The van der Waals surface area contributed by atoms with Crippen molar-refractivity contribution >= 4 is 17.5 Å². The average Bonchev–Trinajstić information content (AvgIpc) is 2.63. The molecule has 0 aliphatic carbocycles. The number of hydrogen-bond acceptors (Lipinski definition) is 3. The second kappa shape index (κ2) is 7.15. The zero-order valence-corrected chi connectivity index (χ0v) is 13.5. The van der Waals surface area contributed by atoms with Crippen LogP contribution in [0, 0.1) is 0 Å². The smallest absolute Gasteiger partial charge is 0.249 e. The van der Waals surface area contributed by atoms with Crippen molar-refractivity contribution in [2.24, 2.45) is 5.73 Å². The van der Waals surface area contributed by atoms with Gasteiger partial charge in [0.05, 0.1) is 0 Å². The Bertz CT molecular complexity index is 846. The molecule has 1 amide bonds. The van der Waals surface area contributed by atoms with Gasteiger partial charge in [-0.3, -0.25) is 4.79 Å². The van der Waals surface area contributed by atoms with Gasteiger partial charge in [0.2, 0.25) is 11.8 Å². The minimum atomic E-state index is -0.467. The normalized spacial score (nSPS) is 10.4. The number of amides is 1. The number of carbonyl (C=O) groups excluding carboxylic acids is 1. The summed E-state index contributed by atoms with van der Waals surface area (Å²) in [7, 11) is 0. The van der Waals surface area contributed by atoms with E-state index in [4.69, 9.17) is 22.1 Å². The lowest BCUT2D eigenvalue weighted by Crippen LogP contribution is -2.12. The molecule has 3 aromatic rings. The summed E-state index contributed by atoms with van der Waals surface area (Å²) in [5, 5.41) is 0. The van der Waals surface area contributed by atoms with Crippen LogP contribution >= 0.6 is 11.6 Å². The highest BCUT2D eigenvalue weighted by Gasteiger charge is 2.09. The van der Waals surface area contributed by atoms with E-state index in [2.05, 4.69) is 4.98 Å². The molecule has 0 unspecified atom stereocenters. The number of aromatic nitrogens is 1. The second-order valence-electron chi connectivity index (χ2n) is 5.17. The predicted octanol–water partition coefficient (Wildman–Crippen LogP) is 4.38. The van der Waals surface area contributed by atoms with E-state index in [1.165, 1.54) is 0 Å². The number of pyridine rings is 1. The van der Waals surface area contributed by atoms with Crippen molar-refractivity contribution < 1.29 is 9.53 Å². The number of hydrogen-bond donors (Lipinski definition) is 1. The zero-order valence-electron chi connectivity index (χ0n) is 12.8. The Hall–Kier alpha value is -2.85. The number of nitrogens with two attached hydrogens (primary N) is 1. The van der Waals surface area contributed by atoms with E-state index in [1.54, 1.807) is 24.4 Å². The van der Waals surface area contributed by atoms with Gasteiger partial charge < -0.3 is 10.5 Å². The lowest BCUT2D eigenvalue weighted by atomic mass is 10.0. The van der Waals surface area contributed by atoms with Gasteiger partial charge in [-0.05, 0) is 35.4 Å². The van der Waals surface area contributed by atoms with Crippen molar-refractivity contribution in [3.05, 3.63) is 78.0 Å². The molecule has 0 saturated heterocycles. The van der Waals surface area contributed by atoms with Gasteiger partial charge in [0.15, 0.2) is 0 Å². The van der Waals surface area contributed by atoms with Gasteiger partial charge in [-0.15, -0.1) is 11.6 Å². The molecule has 1 aromatic heterocycles. The van der Waals surface area contributed by atoms with E-state index >= 15 is 0 Å². The number of ether oxygens (including phenoxy) is 1. The molecule has 5 heteroatoms. The Morgan fingerprint density at radius 1 is 1.04 bits per heavy atom. The fourth-order valence-corrected chi connectivity index (χ4v) is 2.50. The van der Waals surface area contributed by atoms with Crippen LogP contribution in [0.5, 0.6) is 11.6 Å². The van der Waals surface area contributed by atoms with Crippen molar-refractivity contribution in [3.63, 3.8) is 0 Å². The van der Waals surface area contributed by atoms with Crippen LogP contribution in [0.25, 0.3) is 11.1 Å². The van der Waals surface area contributed by atoms with Gasteiger partial charge in [-0.25, -0.2) is 4.98 Å². The van der Waals surface area contributed by atoms with Crippen LogP contribution in [0.3, 0.4) is 0 Å². The highest BCUT2D eigenvalue weighted by molar-refractivity contribution is 6.17. The fourth-order valence-electron chi connectivity index (χ4n) is 2.32. The van der Waals surface area contributed by atoms with Crippen LogP contribution in [0.1, 0.15) is 15.9 Å². The summed E-state index contributed by atoms with van der Waals surface area (Å²) in [5.74, 6) is 1.15. The minimum absolute atomic E-state index is 0.463. The van der Waals surface area contributed by atoms with Gasteiger partial charge in [-0.1, -0.05) is 30.3 Å². The predicted molar refractivity (Wildman–Crippen MR) is 94.3 cm³/mol. The summed E-state index contributed by atoms with van der Waals surface area (Å²) < 4.78 is 5.70.